The van der Waals surface area contributed by atoms with Crippen LogP contribution < -0.4 is 0 Å². The number of pyridine rings is 1. The molecule has 1 aliphatic heterocycles. The Labute approximate surface area is 100 Å². The molecule has 0 spiro atoms. The average Bonchev–Trinajstić information content (AvgIpc) is 2.40. The standard InChI is InChI=1S/C12H16N2O3/c1-16-8-11-9-17-6-5-14(11)12(15)10-3-2-4-13-7-10/h2-4,7,11H,5-6,8-9H2,1H3. The fourth-order valence-electron chi connectivity index (χ4n) is 1.91. The number of nitrogens with zero attached hydrogens (tertiary/aromatic N) is 2. The van der Waals surface area contributed by atoms with Crippen LogP contribution in [0.4, 0.5) is 0 Å². The van der Waals surface area contributed by atoms with Gasteiger partial charge in [-0.15, -0.1) is 0 Å². The molecule has 0 radical (unpaired) electrons. The van der Waals surface area contributed by atoms with Crippen LogP contribution in [0, 0.1) is 0 Å². The highest BCUT2D eigenvalue weighted by Crippen LogP contribution is 2.12. The third kappa shape index (κ3) is 2.81. The topological polar surface area (TPSA) is 51.7 Å². The number of methoxy groups -OCH3 is 1. The second-order valence-electron chi connectivity index (χ2n) is 3.92. The zero-order valence-corrected chi connectivity index (χ0v) is 9.83. The summed E-state index contributed by atoms with van der Waals surface area (Å²) in [6.07, 6.45) is 3.24. The summed E-state index contributed by atoms with van der Waals surface area (Å²) in [5, 5.41) is 0. The molecule has 1 atom stereocenters. The lowest BCUT2D eigenvalue weighted by molar-refractivity contribution is -0.0252. The van der Waals surface area contributed by atoms with Gasteiger partial charge in [-0.3, -0.25) is 9.78 Å². The molecule has 5 heteroatoms. The number of rotatable bonds is 3. The van der Waals surface area contributed by atoms with Gasteiger partial charge in [-0.1, -0.05) is 0 Å². The SMILES string of the molecule is COCC1COCCN1C(=O)c1cccnc1. The van der Waals surface area contributed by atoms with Crippen LogP contribution in [0.2, 0.25) is 0 Å². The van der Waals surface area contributed by atoms with Gasteiger partial charge in [0.05, 0.1) is 31.4 Å². The number of ether oxygens (including phenoxy) is 2. The Bertz CT molecular complexity index is 367. The first kappa shape index (κ1) is 12.0. The van der Waals surface area contributed by atoms with Crippen LogP contribution in [0.15, 0.2) is 24.5 Å². The van der Waals surface area contributed by atoms with Crippen molar-refractivity contribution in [3.8, 4) is 0 Å². The Morgan fingerprint density at radius 1 is 1.71 bits per heavy atom. The van der Waals surface area contributed by atoms with Crippen molar-refractivity contribution >= 4 is 5.91 Å². The molecule has 0 aromatic carbocycles. The van der Waals surface area contributed by atoms with Crippen LogP contribution in [-0.4, -0.2) is 55.3 Å². The maximum Gasteiger partial charge on any atom is 0.255 e. The quantitative estimate of drug-likeness (QED) is 0.770. The molecular formula is C12H16N2O3. The van der Waals surface area contributed by atoms with Gasteiger partial charge >= 0.3 is 0 Å². The summed E-state index contributed by atoms with van der Waals surface area (Å²) in [5.74, 6) is -0.0107. The second-order valence-corrected chi connectivity index (χ2v) is 3.92. The van der Waals surface area contributed by atoms with Gasteiger partial charge in [-0.2, -0.15) is 0 Å². The molecule has 17 heavy (non-hydrogen) atoms. The number of carbonyl (C=O) groups excluding carboxylic acids is 1. The van der Waals surface area contributed by atoms with E-state index in [2.05, 4.69) is 4.98 Å². The van der Waals surface area contributed by atoms with Crippen molar-refractivity contribution < 1.29 is 14.3 Å². The van der Waals surface area contributed by atoms with Crippen LogP contribution in [0.5, 0.6) is 0 Å². The number of morpholine rings is 1. The Hall–Kier alpha value is -1.46. The first-order valence-corrected chi connectivity index (χ1v) is 5.60. The lowest BCUT2D eigenvalue weighted by Crippen LogP contribution is -2.50. The van der Waals surface area contributed by atoms with Crippen molar-refractivity contribution in [3.05, 3.63) is 30.1 Å². The zero-order valence-electron chi connectivity index (χ0n) is 9.83. The largest absolute Gasteiger partial charge is 0.382 e. The molecule has 2 rings (SSSR count). The maximum atomic E-state index is 12.3. The van der Waals surface area contributed by atoms with E-state index in [1.165, 1.54) is 0 Å². The molecule has 5 nitrogen and oxygen atoms in total. The molecule has 92 valence electrons. The maximum absolute atomic E-state index is 12.3. The van der Waals surface area contributed by atoms with Crippen molar-refractivity contribution in [2.24, 2.45) is 0 Å². The molecule has 1 amide bonds. The van der Waals surface area contributed by atoms with Gasteiger partial charge in [-0.05, 0) is 12.1 Å². The van der Waals surface area contributed by atoms with Gasteiger partial charge in [0.1, 0.15) is 0 Å². The fraction of sp³-hybridized carbons (Fsp3) is 0.500. The van der Waals surface area contributed by atoms with Crippen molar-refractivity contribution in [1.82, 2.24) is 9.88 Å². The van der Waals surface area contributed by atoms with Crippen molar-refractivity contribution in [3.63, 3.8) is 0 Å². The van der Waals surface area contributed by atoms with E-state index in [1.807, 2.05) is 0 Å². The highest BCUT2D eigenvalue weighted by atomic mass is 16.5. The summed E-state index contributed by atoms with van der Waals surface area (Å²) >= 11 is 0. The average molecular weight is 236 g/mol. The van der Waals surface area contributed by atoms with E-state index < -0.39 is 0 Å². The smallest absolute Gasteiger partial charge is 0.255 e. The Morgan fingerprint density at radius 3 is 3.29 bits per heavy atom. The molecule has 1 unspecified atom stereocenters. The van der Waals surface area contributed by atoms with Gasteiger partial charge < -0.3 is 14.4 Å². The molecule has 1 aromatic heterocycles. The van der Waals surface area contributed by atoms with Crippen LogP contribution >= 0.6 is 0 Å². The van der Waals surface area contributed by atoms with Gasteiger partial charge in [0.25, 0.3) is 5.91 Å². The molecule has 2 heterocycles. The van der Waals surface area contributed by atoms with Gasteiger partial charge in [0.15, 0.2) is 0 Å². The molecular weight excluding hydrogens is 220 g/mol. The van der Waals surface area contributed by atoms with E-state index in [9.17, 15) is 4.79 Å². The normalized spacial score (nSPS) is 20.3. The molecule has 1 saturated heterocycles. The summed E-state index contributed by atoms with van der Waals surface area (Å²) < 4.78 is 10.5. The first-order chi connectivity index (χ1) is 8.33. The van der Waals surface area contributed by atoms with Crippen LogP contribution in [0.3, 0.4) is 0 Å². The highest BCUT2D eigenvalue weighted by Gasteiger charge is 2.27. The van der Waals surface area contributed by atoms with Crippen LogP contribution in [-0.2, 0) is 9.47 Å². The molecule has 0 bridgehead atoms. The van der Waals surface area contributed by atoms with E-state index in [-0.39, 0.29) is 11.9 Å². The predicted molar refractivity (Wildman–Crippen MR) is 61.8 cm³/mol. The summed E-state index contributed by atoms with van der Waals surface area (Å²) in [6.45, 7) is 2.19. The number of carbonyl (C=O) groups is 1. The summed E-state index contributed by atoms with van der Waals surface area (Å²) in [7, 11) is 1.63. The molecule has 0 N–H and O–H groups in total. The minimum atomic E-state index is -0.0125. The number of aromatic nitrogens is 1. The molecule has 0 saturated carbocycles. The van der Waals surface area contributed by atoms with Crippen LogP contribution in [0.1, 0.15) is 10.4 Å². The summed E-state index contributed by atoms with van der Waals surface area (Å²) in [5.41, 5.74) is 0.607. The molecule has 1 fully saturated rings. The monoisotopic (exact) mass is 236 g/mol. The minimum absolute atomic E-state index is 0.0107. The Kier molecular flexibility index (Phi) is 4.06. The zero-order chi connectivity index (χ0) is 12.1. The van der Waals surface area contributed by atoms with Gasteiger partial charge in [-0.25, -0.2) is 0 Å². The van der Waals surface area contributed by atoms with Crippen molar-refractivity contribution in [1.29, 1.82) is 0 Å². The summed E-state index contributed by atoms with van der Waals surface area (Å²) in [4.78, 5) is 18.0. The molecule has 0 aliphatic carbocycles. The van der Waals surface area contributed by atoms with E-state index in [0.29, 0.717) is 31.9 Å². The number of hydrogen-bond donors (Lipinski definition) is 0. The lowest BCUT2D eigenvalue weighted by Gasteiger charge is -2.35. The van der Waals surface area contributed by atoms with E-state index in [1.54, 1.807) is 36.5 Å². The van der Waals surface area contributed by atoms with E-state index in [0.717, 1.165) is 0 Å². The third-order valence-corrected chi connectivity index (χ3v) is 2.76. The van der Waals surface area contributed by atoms with Gasteiger partial charge in [0, 0.05) is 26.0 Å². The summed E-state index contributed by atoms with van der Waals surface area (Å²) in [6, 6.07) is 3.52. The number of amides is 1. The van der Waals surface area contributed by atoms with Crippen molar-refractivity contribution in [2.75, 3.05) is 33.5 Å². The van der Waals surface area contributed by atoms with Crippen LogP contribution in [0.25, 0.3) is 0 Å². The minimum Gasteiger partial charge on any atom is -0.382 e. The fourth-order valence-corrected chi connectivity index (χ4v) is 1.91. The van der Waals surface area contributed by atoms with E-state index >= 15 is 0 Å². The Balaban J connectivity index is 2.11. The first-order valence-electron chi connectivity index (χ1n) is 5.60. The predicted octanol–water partition coefficient (Wildman–Crippen LogP) is 0.569. The van der Waals surface area contributed by atoms with E-state index in [4.69, 9.17) is 9.47 Å². The number of hydrogen-bond acceptors (Lipinski definition) is 4. The van der Waals surface area contributed by atoms with Gasteiger partial charge in [0.2, 0.25) is 0 Å². The second kappa shape index (κ2) is 5.75. The highest BCUT2D eigenvalue weighted by molar-refractivity contribution is 5.94. The molecule has 1 aromatic rings. The lowest BCUT2D eigenvalue weighted by atomic mass is 10.2. The Morgan fingerprint density at radius 2 is 2.59 bits per heavy atom. The van der Waals surface area contributed by atoms with Crippen molar-refractivity contribution in [2.45, 2.75) is 6.04 Å². The third-order valence-electron chi connectivity index (χ3n) is 2.76. The molecule has 1 aliphatic rings.